The van der Waals surface area contributed by atoms with Gasteiger partial charge in [-0.15, -0.1) is 10.2 Å². The molecule has 0 saturated carbocycles. The van der Waals surface area contributed by atoms with Gasteiger partial charge in [0.05, 0.1) is 18.1 Å². The molecule has 0 saturated heterocycles. The number of rotatable bonds is 10. The molecule has 188 valence electrons. The maximum atomic E-state index is 13.2. The minimum atomic E-state index is -0.108. The van der Waals surface area contributed by atoms with E-state index in [1.54, 1.807) is 9.25 Å². The average molecular weight is 516 g/mol. The number of benzene rings is 3. The lowest BCUT2D eigenvalue weighted by atomic mass is 10.1. The first-order valence-electron chi connectivity index (χ1n) is 12.1. The van der Waals surface area contributed by atoms with E-state index in [0.717, 1.165) is 35.4 Å². The lowest BCUT2D eigenvalue weighted by molar-refractivity contribution is 0.306. The van der Waals surface area contributed by atoms with Crippen LogP contribution < -0.4 is 10.4 Å². The normalized spacial score (nSPS) is 11.1. The summed E-state index contributed by atoms with van der Waals surface area (Å²) in [5.74, 6) is 1.92. The Morgan fingerprint density at radius 1 is 0.946 bits per heavy atom. The van der Waals surface area contributed by atoms with Crippen molar-refractivity contribution >= 4 is 11.6 Å². The lowest BCUT2D eigenvalue weighted by Crippen LogP contribution is -2.26. The molecule has 0 amide bonds. The monoisotopic (exact) mass is 515 g/mol. The van der Waals surface area contributed by atoms with Gasteiger partial charge in [-0.2, -0.15) is 10.3 Å². The third-order valence-electron chi connectivity index (χ3n) is 5.97. The number of hydrogen-bond acceptors (Lipinski definition) is 6. The maximum absolute atomic E-state index is 13.2. The van der Waals surface area contributed by atoms with E-state index in [1.165, 1.54) is 0 Å². The molecule has 3 aromatic carbocycles. The van der Waals surface area contributed by atoms with Crippen LogP contribution >= 0.6 is 11.6 Å². The molecule has 5 rings (SSSR count). The highest BCUT2D eigenvalue weighted by Crippen LogP contribution is 2.29. The van der Waals surface area contributed by atoms with Gasteiger partial charge in [-0.25, -0.2) is 9.48 Å². The second-order valence-corrected chi connectivity index (χ2v) is 9.00. The Morgan fingerprint density at radius 3 is 2.46 bits per heavy atom. The molecule has 2 heterocycles. The summed E-state index contributed by atoms with van der Waals surface area (Å²) >= 11 is 6.55. The van der Waals surface area contributed by atoms with Crippen LogP contribution in [0.2, 0.25) is 5.02 Å². The fraction of sp³-hybridized carbons (Fsp3) is 0.222. The fourth-order valence-electron chi connectivity index (χ4n) is 4.09. The minimum absolute atomic E-state index is 0.108. The van der Waals surface area contributed by atoms with Gasteiger partial charge in [0.2, 0.25) is 5.82 Å². The van der Waals surface area contributed by atoms with Crippen LogP contribution in [0.15, 0.2) is 77.6 Å². The number of aryl methyl sites for hydroxylation is 1. The molecule has 0 aliphatic heterocycles. The zero-order valence-corrected chi connectivity index (χ0v) is 21.1. The van der Waals surface area contributed by atoms with Gasteiger partial charge in [0.25, 0.3) is 0 Å². The molecule has 1 N–H and O–H groups in total. The summed E-state index contributed by atoms with van der Waals surface area (Å²) in [7, 11) is 0. The SMILES string of the molecule is CCCc1nn(Cc2ccccc2)c(=O)n1Cc1ccc(OCc2cccc(-c3nn[nH]n3)c2Cl)cc1. The predicted molar refractivity (Wildman–Crippen MR) is 141 cm³/mol. The van der Waals surface area contributed by atoms with Crippen molar-refractivity contribution in [3.8, 4) is 17.1 Å². The molecule has 10 heteroatoms. The molecule has 0 fully saturated rings. The van der Waals surface area contributed by atoms with E-state index < -0.39 is 0 Å². The van der Waals surface area contributed by atoms with Gasteiger partial charge in [-0.1, -0.05) is 73.1 Å². The zero-order chi connectivity index (χ0) is 25.6. The van der Waals surface area contributed by atoms with Crippen LogP contribution in [-0.4, -0.2) is 35.0 Å². The molecule has 2 aromatic heterocycles. The van der Waals surface area contributed by atoms with Gasteiger partial charge in [-0.3, -0.25) is 4.57 Å². The smallest absolute Gasteiger partial charge is 0.346 e. The number of nitrogens with one attached hydrogen (secondary N) is 1. The van der Waals surface area contributed by atoms with E-state index in [1.807, 2.05) is 72.8 Å². The highest BCUT2D eigenvalue weighted by Gasteiger charge is 2.14. The summed E-state index contributed by atoms with van der Waals surface area (Å²) in [5.41, 5.74) is 3.43. The van der Waals surface area contributed by atoms with Crippen molar-refractivity contribution in [3.63, 3.8) is 0 Å². The average Bonchev–Trinajstić information content (AvgIpc) is 3.55. The van der Waals surface area contributed by atoms with Crippen molar-refractivity contribution < 1.29 is 4.74 Å². The summed E-state index contributed by atoms with van der Waals surface area (Å²) in [4.78, 5) is 13.2. The Labute approximate surface area is 218 Å². The van der Waals surface area contributed by atoms with Crippen LogP contribution in [0.4, 0.5) is 0 Å². The van der Waals surface area contributed by atoms with E-state index in [0.29, 0.717) is 35.2 Å². The Bertz CT molecular complexity index is 1510. The standard InChI is InChI=1S/C27H26ClN7O2/c1-2-7-24-31-35(17-19-8-4-3-5-9-19)27(36)34(24)16-20-12-14-22(15-13-20)37-18-21-10-6-11-23(25(21)28)26-29-32-33-30-26/h3-6,8-15H,2,7,16-18H2,1H3,(H,29,30,32,33). The number of hydrogen-bond donors (Lipinski definition) is 1. The molecule has 0 aliphatic carbocycles. The molecule has 9 nitrogen and oxygen atoms in total. The Balaban J connectivity index is 1.28. The van der Waals surface area contributed by atoms with E-state index in [-0.39, 0.29) is 12.3 Å². The van der Waals surface area contributed by atoms with Crippen molar-refractivity contribution in [2.75, 3.05) is 0 Å². The fourth-order valence-corrected chi connectivity index (χ4v) is 4.35. The molecule has 0 spiro atoms. The van der Waals surface area contributed by atoms with Gasteiger partial charge < -0.3 is 4.74 Å². The second kappa shape index (κ2) is 11.2. The number of tetrazole rings is 1. The van der Waals surface area contributed by atoms with Crippen LogP contribution in [0.1, 0.15) is 35.9 Å². The first kappa shape index (κ1) is 24.5. The highest BCUT2D eigenvalue weighted by atomic mass is 35.5. The molecular weight excluding hydrogens is 490 g/mol. The van der Waals surface area contributed by atoms with Gasteiger partial charge in [0.15, 0.2) is 0 Å². The van der Waals surface area contributed by atoms with Crippen LogP contribution in [-0.2, 0) is 26.1 Å². The van der Waals surface area contributed by atoms with Crippen LogP contribution in [0.3, 0.4) is 0 Å². The number of halogens is 1. The largest absolute Gasteiger partial charge is 0.489 e. The molecule has 5 aromatic rings. The van der Waals surface area contributed by atoms with E-state index in [4.69, 9.17) is 16.3 Å². The number of aromatic amines is 1. The topological polar surface area (TPSA) is 104 Å². The Hall–Kier alpha value is -4.24. The van der Waals surface area contributed by atoms with Crippen LogP contribution in [0.25, 0.3) is 11.4 Å². The van der Waals surface area contributed by atoms with Crippen molar-refractivity contribution in [2.45, 2.75) is 39.5 Å². The molecule has 0 bridgehead atoms. The van der Waals surface area contributed by atoms with Crippen LogP contribution in [0.5, 0.6) is 5.75 Å². The highest BCUT2D eigenvalue weighted by molar-refractivity contribution is 6.34. The van der Waals surface area contributed by atoms with Crippen LogP contribution in [0, 0.1) is 0 Å². The molecular formula is C27H26ClN7O2. The van der Waals surface area contributed by atoms with Gasteiger partial charge in [-0.05, 0) is 41.0 Å². The third-order valence-corrected chi connectivity index (χ3v) is 6.42. The number of H-pyrrole nitrogens is 1. The van der Waals surface area contributed by atoms with Crippen molar-refractivity contribution in [1.29, 1.82) is 0 Å². The summed E-state index contributed by atoms with van der Waals surface area (Å²) in [6.07, 6.45) is 1.65. The zero-order valence-electron chi connectivity index (χ0n) is 20.3. The quantitative estimate of drug-likeness (QED) is 0.293. The number of nitrogens with zero attached hydrogens (tertiary/aromatic N) is 6. The molecule has 37 heavy (non-hydrogen) atoms. The second-order valence-electron chi connectivity index (χ2n) is 8.62. The maximum Gasteiger partial charge on any atom is 0.346 e. The third kappa shape index (κ3) is 5.62. The summed E-state index contributed by atoms with van der Waals surface area (Å²) in [5, 5.41) is 19.2. The van der Waals surface area contributed by atoms with Crippen molar-refractivity contribution in [1.82, 2.24) is 35.0 Å². The van der Waals surface area contributed by atoms with Gasteiger partial charge >= 0.3 is 5.69 Å². The van der Waals surface area contributed by atoms with E-state index >= 15 is 0 Å². The van der Waals surface area contributed by atoms with E-state index in [2.05, 4.69) is 32.6 Å². The summed E-state index contributed by atoms with van der Waals surface area (Å²) in [6.45, 7) is 3.27. The summed E-state index contributed by atoms with van der Waals surface area (Å²) < 4.78 is 9.27. The Kier molecular flexibility index (Phi) is 7.41. The van der Waals surface area contributed by atoms with Gasteiger partial charge in [0, 0.05) is 17.5 Å². The minimum Gasteiger partial charge on any atom is -0.489 e. The molecule has 0 aliphatic rings. The van der Waals surface area contributed by atoms with Crippen molar-refractivity contribution in [3.05, 3.63) is 111 Å². The predicted octanol–water partition coefficient (Wildman–Crippen LogP) is 4.51. The Morgan fingerprint density at radius 2 is 1.73 bits per heavy atom. The van der Waals surface area contributed by atoms with E-state index in [9.17, 15) is 4.79 Å². The number of aromatic nitrogens is 7. The molecule has 0 atom stereocenters. The molecule has 0 unspecified atom stereocenters. The van der Waals surface area contributed by atoms with Crippen molar-refractivity contribution in [2.24, 2.45) is 0 Å². The summed E-state index contributed by atoms with van der Waals surface area (Å²) in [6, 6.07) is 23.2. The lowest BCUT2D eigenvalue weighted by Gasteiger charge is -2.11. The first-order valence-corrected chi connectivity index (χ1v) is 12.4. The van der Waals surface area contributed by atoms with Gasteiger partial charge in [0.1, 0.15) is 18.2 Å². The number of ether oxygens (including phenoxy) is 1. The molecule has 0 radical (unpaired) electrons. The first-order chi connectivity index (χ1) is 18.1.